The summed E-state index contributed by atoms with van der Waals surface area (Å²) in [4.78, 5) is 16.9. The molecule has 0 aliphatic heterocycles. The maximum atomic E-state index is 11.1. The Morgan fingerprint density at radius 3 is 2.54 bits per heavy atom. The van der Waals surface area contributed by atoms with Gasteiger partial charge in [-0.25, -0.2) is 4.79 Å². The smallest absolute Gasteiger partial charge is 0.413 e. The minimum atomic E-state index is -0.363. The first-order valence-electron chi connectivity index (χ1n) is 3.85. The van der Waals surface area contributed by atoms with Gasteiger partial charge in [0.25, 0.3) is 0 Å². The molecule has 0 fully saturated rings. The molecule has 74 valence electrons. The summed E-state index contributed by atoms with van der Waals surface area (Å²) in [5.74, 6) is 0. The van der Waals surface area contributed by atoms with E-state index >= 15 is 0 Å². The fraction of sp³-hybridized carbons (Fsp3) is 0.833. The van der Waals surface area contributed by atoms with Crippen molar-refractivity contribution in [1.29, 1.82) is 0 Å². The second-order valence-corrected chi connectivity index (χ2v) is 3.54. The van der Waals surface area contributed by atoms with Crippen LogP contribution in [0.25, 0.3) is 0 Å². The zero-order valence-electron chi connectivity index (χ0n) is 8.20. The number of rotatable bonds is 5. The Morgan fingerprint density at radius 2 is 2.08 bits per heavy atom. The van der Waals surface area contributed by atoms with Crippen molar-refractivity contribution in [3.63, 3.8) is 0 Å². The molecule has 1 unspecified atom stereocenters. The Bertz CT molecular complexity index is 159. The molecule has 1 N–H and O–H groups in total. The topological polar surface area (TPSA) is 44.8 Å². The lowest BCUT2D eigenvalue weighted by Crippen LogP contribution is -2.33. The van der Waals surface area contributed by atoms with Gasteiger partial charge in [-0.15, -0.1) is 0 Å². The summed E-state index contributed by atoms with van der Waals surface area (Å²) in [7, 11) is 10.3. The third-order valence-electron chi connectivity index (χ3n) is 1.39. The molecule has 0 bridgehead atoms. The standard InChI is InChI=1S/C6H15BN3O2P/c1-9(2)4-5-10(3)6(11)12-13-8-7/h8,13H,4-5H2,1-3H3. The SMILES string of the molecule is [B]NPOC(=O)N(C)CCN(C)C. The number of nitrogens with one attached hydrogen (secondary N) is 1. The highest BCUT2D eigenvalue weighted by atomic mass is 31.1. The van der Waals surface area contributed by atoms with Gasteiger partial charge >= 0.3 is 6.09 Å². The molecule has 0 spiro atoms. The molecule has 0 aliphatic rings. The third kappa shape index (κ3) is 6.81. The van der Waals surface area contributed by atoms with Crippen LogP contribution in [0.3, 0.4) is 0 Å². The van der Waals surface area contributed by atoms with Crippen LogP contribution in [0.15, 0.2) is 0 Å². The maximum Gasteiger partial charge on any atom is 0.413 e. The Labute approximate surface area is 82.1 Å². The van der Waals surface area contributed by atoms with Crippen molar-refractivity contribution in [2.75, 3.05) is 34.2 Å². The van der Waals surface area contributed by atoms with Crippen LogP contribution in [0.1, 0.15) is 0 Å². The zero-order chi connectivity index (χ0) is 10.3. The van der Waals surface area contributed by atoms with Gasteiger partial charge in [0.05, 0.1) is 0 Å². The van der Waals surface area contributed by atoms with Crippen molar-refractivity contribution in [3.8, 4) is 0 Å². The van der Waals surface area contributed by atoms with Gasteiger partial charge in [-0.3, -0.25) is 0 Å². The van der Waals surface area contributed by atoms with Crippen molar-refractivity contribution in [3.05, 3.63) is 0 Å². The first-order chi connectivity index (χ1) is 6.07. The Kier molecular flexibility index (Phi) is 6.95. The van der Waals surface area contributed by atoms with E-state index in [9.17, 15) is 4.79 Å². The van der Waals surface area contributed by atoms with E-state index in [4.69, 9.17) is 12.5 Å². The van der Waals surface area contributed by atoms with Crippen LogP contribution in [0.5, 0.6) is 0 Å². The van der Waals surface area contributed by atoms with Gasteiger partial charge < -0.3 is 19.3 Å². The molecule has 0 aliphatic carbocycles. The number of hydrogen-bond acceptors (Lipinski definition) is 4. The Morgan fingerprint density at radius 1 is 1.46 bits per heavy atom. The predicted octanol–water partition coefficient (Wildman–Crippen LogP) is -0.202. The van der Waals surface area contributed by atoms with E-state index < -0.39 is 0 Å². The molecule has 0 aromatic heterocycles. The van der Waals surface area contributed by atoms with Gasteiger partial charge in [0.15, 0.2) is 7.98 Å². The van der Waals surface area contributed by atoms with Gasteiger partial charge in [0.2, 0.25) is 0 Å². The monoisotopic (exact) mass is 203 g/mol. The van der Waals surface area contributed by atoms with Crippen LogP contribution in [0.2, 0.25) is 0 Å². The number of nitrogens with zero attached hydrogens (tertiary/aromatic N) is 2. The van der Waals surface area contributed by atoms with E-state index in [0.29, 0.717) is 6.54 Å². The summed E-state index contributed by atoms with van der Waals surface area (Å²) in [6.07, 6.45) is -0.363. The number of hydrogen-bond donors (Lipinski definition) is 1. The molecule has 7 heteroatoms. The lowest BCUT2D eigenvalue weighted by atomic mass is 10.5. The predicted molar refractivity (Wildman–Crippen MR) is 54.9 cm³/mol. The second-order valence-electron chi connectivity index (χ2n) is 2.84. The van der Waals surface area contributed by atoms with Gasteiger partial charge in [-0.1, -0.05) is 0 Å². The van der Waals surface area contributed by atoms with E-state index in [-0.39, 0.29) is 15.1 Å². The first-order valence-corrected chi connectivity index (χ1v) is 4.76. The van der Waals surface area contributed by atoms with Crippen molar-refractivity contribution in [2.24, 2.45) is 0 Å². The van der Waals surface area contributed by atoms with Crippen LogP contribution in [0.4, 0.5) is 4.79 Å². The van der Waals surface area contributed by atoms with Crippen molar-refractivity contribution < 1.29 is 9.32 Å². The summed E-state index contributed by atoms with van der Waals surface area (Å²) >= 11 is 0. The van der Waals surface area contributed by atoms with E-state index in [1.165, 1.54) is 4.90 Å². The number of amides is 1. The summed E-state index contributed by atoms with van der Waals surface area (Å²) in [6, 6.07) is 0. The minimum absolute atomic E-state index is 0.190. The van der Waals surface area contributed by atoms with E-state index in [1.54, 1.807) is 7.05 Å². The highest BCUT2D eigenvalue weighted by Gasteiger charge is 2.08. The number of likely N-dealkylation sites (N-methyl/N-ethyl adjacent to an activating group) is 2. The molecule has 0 heterocycles. The average Bonchev–Trinajstić information content (AvgIpc) is 2.10. The van der Waals surface area contributed by atoms with Crippen molar-refractivity contribution in [1.82, 2.24) is 14.8 Å². The largest absolute Gasteiger partial charge is 0.416 e. The van der Waals surface area contributed by atoms with Gasteiger partial charge in [0.1, 0.15) is 8.96 Å². The molecule has 0 aromatic rings. The lowest BCUT2D eigenvalue weighted by molar-refractivity contribution is 0.165. The Balaban J connectivity index is 3.57. The molecule has 5 nitrogen and oxygen atoms in total. The Hall–Kier alpha value is -0.315. The molecule has 13 heavy (non-hydrogen) atoms. The highest BCUT2D eigenvalue weighted by molar-refractivity contribution is 7.32. The molecule has 2 radical (unpaired) electrons. The highest BCUT2D eigenvalue weighted by Crippen LogP contribution is 2.05. The minimum Gasteiger partial charge on any atom is -0.416 e. The zero-order valence-corrected chi connectivity index (χ0v) is 9.20. The number of carbonyl (C=O) groups is 1. The van der Waals surface area contributed by atoms with Crippen molar-refractivity contribution >= 4 is 23.0 Å². The average molecular weight is 203 g/mol. The molecular formula is C6H15BN3O2P. The maximum absolute atomic E-state index is 11.1. The number of carbonyl (C=O) groups excluding carboxylic acids is 1. The normalized spacial score (nSPS) is 11.1. The quantitative estimate of drug-likeness (QED) is 0.496. The third-order valence-corrected chi connectivity index (χ3v) is 1.79. The van der Waals surface area contributed by atoms with Gasteiger partial charge in [0, 0.05) is 20.1 Å². The molecule has 0 rings (SSSR count). The summed E-state index contributed by atoms with van der Waals surface area (Å²) in [5.41, 5.74) is 0. The van der Waals surface area contributed by atoms with Crippen LogP contribution in [-0.2, 0) is 4.52 Å². The summed E-state index contributed by atoms with van der Waals surface area (Å²) < 4.78 is 4.75. The van der Waals surface area contributed by atoms with E-state index in [0.717, 1.165) is 6.54 Å². The first kappa shape index (κ1) is 12.7. The summed E-state index contributed by atoms with van der Waals surface area (Å²) in [6.45, 7) is 1.45. The van der Waals surface area contributed by atoms with Gasteiger partial charge in [-0.2, -0.15) is 0 Å². The van der Waals surface area contributed by atoms with Crippen molar-refractivity contribution in [2.45, 2.75) is 0 Å². The van der Waals surface area contributed by atoms with Crippen LogP contribution in [-0.4, -0.2) is 58.1 Å². The molecule has 0 aromatic carbocycles. The van der Waals surface area contributed by atoms with Gasteiger partial charge in [-0.05, 0) is 14.1 Å². The molecule has 1 amide bonds. The fourth-order valence-corrected chi connectivity index (χ4v) is 0.894. The lowest BCUT2D eigenvalue weighted by Gasteiger charge is -2.18. The molecule has 0 saturated heterocycles. The van der Waals surface area contributed by atoms with E-state index in [2.05, 4.69) is 5.00 Å². The van der Waals surface area contributed by atoms with Crippen LogP contribution >= 0.6 is 8.96 Å². The summed E-state index contributed by atoms with van der Waals surface area (Å²) in [5, 5.41) is 0. The fourth-order valence-electron chi connectivity index (χ4n) is 0.592. The van der Waals surface area contributed by atoms with E-state index in [1.807, 2.05) is 19.0 Å². The molecule has 1 atom stereocenters. The second kappa shape index (κ2) is 7.12. The van der Waals surface area contributed by atoms with Crippen LogP contribution in [0, 0.1) is 0 Å². The molecular weight excluding hydrogens is 188 g/mol. The van der Waals surface area contributed by atoms with Crippen LogP contribution < -0.4 is 5.00 Å². The molecule has 0 saturated carbocycles.